The van der Waals surface area contributed by atoms with E-state index in [1.54, 1.807) is 25.1 Å². The van der Waals surface area contributed by atoms with Crippen molar-refractivity contribution in [3.8, 4) is 5.75 Å². The van der Waals surface area contributed by atoms with Crippen LogP contribution in [0.3, 0.4) is 0 Å². The monoisotopic (exact) mass is 195 g/mol. The van der Waals surface area contributed by atoms with Crippen LogP contribution in [0.2, 0.25) is 0 Å². The summed E-state index contributed by atoms with van der Waals surface area (Å²) in [6.45, 7) is 2.75. The number of benzene rings is 1. The number of halogens is 1. The van der Waals surface area contributed by atoms with Crippen LogP contribution in [0.15, 0.2) is 24.3 Å². The number of anilines is 1. The van der Waals surface area contributed by atoms with Crippen LogP contribution in [0.5, 0.6) is 5.75 Å². The molecule has 1 aliphatic rings. The van der Waals surface area contributed by atoms with E-state index in [4.69, 9.17) is 0 Å². The summed E-state index contributed by atoms with van der Waals surface area (Å²) >= 11 is 0. The molecule has 0 aromatic heterocycles. The fourth-order valence-corrected chi connectivity index (χ4v) is 1.83. The summed E-state index contributed by atoms with van der Waals surface area (Å²) in [5, 5.41) is 9.28. The quantitative estimate of drug-likeness (QED) is 0.743. The van der Waals surface area contributed by atoms with E-state index in [2.05, 4.69) is 0 Å². The highest BCUT2D eigenvalue weighted by Crippen LogP contribution is 2.30. The van der Waals surface area contributed by atoms with Gasteiger partial charge in [0.05, 0.1) is 6.54 Å². The molecule has 0 aliphatic carbocycles. The summed E-state index contributed by atoms with van der Waals surface area (Å²) in [5.74, 6) is 0.231. The van der Waals surface area contributed by atoms with E-state index in [0.717, 1.165) is 12.2 Å². The highest BCUT2D eigenvalue weighted by Gasteiger charge is 2.33. The first kappa shape index (κ1) is 9.31. The highest BCUT2D eigenvalue weighted by atomic mass is 19.1. The van der Waals surface area contributed by atoms with Crippen molar-refractivity contribution >= 4 is 5.69 Å². The molecule has 2 rings (SSSR count). The van der Waals surface area contributed by atoms with Crippen LogP contribution >= 0.6 is 0 Å². The fourth-order valence-electron chi connectivity index (χ4n) is 1.83. The molecule has 1 aliphatic heterocycles. The zero-order chi connectivity index (χ0) is 10.2. The molecule has 1 N–H and O–H groups in total. The number of phenols is 1. The maximum atomic E-state index is 13.5. The van der Waals surface area contributed by atoms with Gasteiger partial charge in [0.1, 0.15) is 11.4 Å². The van der Waals surface area contributed by atoms with Gasteiger partial charge in [-0.3, -0.25) is 0 Å². The highest BCUT2D eigenvalue weighted by molar-refractivity contribution is 5.51. The lowest BCUT2D eigenvalue weighted by atomic mass is 10.1. The molecule has 1 aromatic carbocycles. The Kier molecular flexibility index (Phi) is 2.10. The molecule has 0 bridgehead atoms. The Morgan fingerprint density at radius 2 is 2.29 bits per heavy atom. The van der Waals surface area contributed by atoms with Crippen LogP contribution in [0, 0.1) is 0 Å². The van der Waals surface area contributed by atoms with Crippen LogP contribution in [0.25, 0.3) is 0 Å². The zero-order valence-electron chi connectivity index (χ0n) is 8.20. The molecule has 0 saturated carbocycles. The van der Waals surface area contributed by atoms with Crippen molar-refractivity contribution in [1.29, 1.82) is 0 Å². The lowest BCUT2D eigenvalue weighted by Gasteiger charge is -2.19. The molecule has 1 heterocycles. The third-order valence-corrected chi connectivity index (χ3v) is 2.62. The molecule has 76 valence electrons. The van der Waals surface area contributed by atoms with Gasteiger partial charge >= 0.3 is 0 Å². The Hall–Kier alpha value is -1.25. The van der Waals surface area contributed by atoms with Gasteiger partial charge < -0.3 is 10.0 Å². The largest absolute Gasteiger partial charge is 0.508 e. The van der Waals surface area contributed by atoms with Crippen LogP contribution < -0.4 is 4.90 Å². The van der Waals surface area contributed by atoms with Crippen molar-refractivity contribution in [2.45, 2.75) is 19.0 Å². The molecule has 1 unspecified atom stereocenters. The number of alkyl halides is 1. The molecule has 0 spiro atoms. The number of nitrogens with zero attached hydrogens (tertiary/aromatic N) is 1. The van der Waals surface area contributed by atoms with Gasteiger partial charge in [-0.2, -0.15) is 0 Å². The third-order valence-electron chi connectivity index (χ3n) is 2.62. The van der Waals surface area contributed by atoms with Crippen LogP contribution in [-0.2, 0) is 0 Å². The number of rotatable bonds is 1. The Labute approximate surface area is 83.0 Å². The minimum atomic E-state index is -1.09. The van der Waals surface area contributed by atoms with Crippen molar-refractivity contribution in [3.05, 3.63) is 24.3 Å². The van der Waals surface area contributed by atoms with E-state index in [-0.39, 0.29) is 5.75 Å². The summed E-state index contributed by atoms with van der Waals surface area (Å²) in [4.78, 5) is 1.96. The van der Waals surface area contributed by atoms with Crippen LogP contribution in [-0.4, -0.2) is 23.9 Å². The first-order valence-electron chi connectivity index (χ1n) is 4.80. The minimum absolute atomic E-state index is 0.231. The zero-order valence-corrected chi connectivity index (χ0v) is 8.20. The van der Waals surface area contributed by atoms with Gasteiger partial charge in [-0.15, -0.1) is 0 Å². The second-order valence-electron chi connectivity index (χ2n) is 4.10. The standard InChI is InChI=1S/C11H14FNO/c1-11(12)5-6-13(8-11)9-3-2-4-10(14)7-9/h2-4,7,14H,5-6,8H2,1H3. The number of hydrogen-bond donors (Lipinski definition) is 1. The maximum Gasteiger partial charge on any atom is 0.127 e. The Bertz CT molecular complexity index is 338. The maximum absolute atomic E-state index is 13.5. The predicted molar refractivity (Wildman–Crippen MR) is 54.4 cm³/mol. The summed E-state index contributed by atoms with van der Waals surface area (Å²) < 4.78 is 13.5. The van der Waals surface area contributed by atoms with Crippen LogP contribution in [0.1, 0.15) is 13.3 Å². The molecule has 14 heavy (non-hydrogen) atoms. The molecule has 1 saturated heterocycles. The topological polar surface area (TPSA) is 23.5 Å². The fraction of sp³-hybridized carbons (Fsp3) is 0.455. The summed E-state index contributed by atoms with van der Waals surface area (Å²) in [7, 11) is 0. The van der Waals surface area contributed by atoms with E-state index in [1.165, 1.54) is 0 Å². The lowest BCUT2D eigenvalue weighted by Crippen LogP contribution is -2.25. The Balaban J connectivity index is 2.17. The van der Waals surface area contributed by atoms with Crippen molar-refractivity contribution in [2.24, 2.45) is 0 Å². The average Bonchev–Trinajstić information content (AvgIpc) is 2.46. The Morgan fingerprint density at radius 3 is 2.86 bits per heavy atom. The van der Waals surface area contributed by atoms with E-state index in [9.17, 15) is 9.50 Å². The van der Waals surface area contributed by atoms with Gasteiger partial charge in [-0.1, -0.05) is 6.07 Å². The van der Waals surface area contributed by atoms with Gasteiger partial charge in [0, 0.05) is 24.7 Å². The number of phenolic OH excluding ortho intramolecular Hbond substituents is 1. The lowest BCUT2D eigenvalue weighted by molar-refractivity contribution is 0.221. The van der Waals surface area contributed by atoms with Gasteiger partial charge in [0.25, 0.3) is 0 Å². The summed E-state index contributed by atoms with van der Waals surface area (Å²) in [5.41, 5.74) is -0.197. The smallest absolute Gasteiger partial charge is 0.127 e. The second-order valence-corrected chi connectivity index (χ2v) is 4.10. The van der Waals surface area contributed by atoms with E-state index >= 15 is 0 Å². The van der Waals surface area contributed by atoms with Crippen molar-refractivity contribution in [1.82, 2.24) is 0 Å². The van der Waals surface area contributed by atoms with Gasteiger partial charge in [0.2, 0.25) is 0 Å². The molecule has 2 nitrogen and oxygen atoms in total. The molecule has 0 amide bonds. The van der Waals surface area contributed by atoms with E-state index in [1.807, 2.05) is 11.0 Å². The molecule has 1 aromatic rings. The van der Waals surface area contributed by atoms with E-state index in [0.29, 0.717) is 13.0 Å². The summed E-state index contributed by atoms with van der Waals surface area (Å²) in [6, 6.07) is 6.95. The van der Waals surface area contributed by atoms with Gasteiger partial charge in [-0.25, -0.2) is 4.39 Å². The first-order chi connectivity index (χ1) is 6.57. The van der Waals surface area contributed by atoms with E-state index < -0.39 is 5.67 Å². The predicted octanol–water partition coefficient (Wildman–Crippen LogP) is 2.33. The van der Waals surface area contributed by atoms with Gasteiger partial charge in [0.15, 0.2) is 0 Å². The molecule has 1 atom stereocenters. The summed E-state index contributed by atoms with van der Waals surface area (Å²) in [6.07, 6.45) is 0.558. The number of hydrogen-bond acceptors (Lipinski definition) is 2. The number of aromatic hydroxyl groups is 1. The molecule has 0 radical (unpaired) electrons. The van der Waals surface area contributed by atoms with Crippen molar-refractivity contribution < 1.29 is 9.50 Å². The molecule has 3 heteroatoms. The second kappa shape index (κ2) is 3.15. The van der Waals surface area contributed by atoms with Crippen molar-refractivity contribution in [3.63, 3.8) is 0 Å². The van der Waals surface area contributed by atoms with Crippen molar-refractivity contribution in [2.75, 3.05) is 18.0 Å². The third kappa shape index (κ3) is 1.81. The van der Waals surface area contributed by atoms with Gasteiger partial charge in [-0.05, 0) is 19.1 Å². The SMILES string of the molecule is CC1(F)CCN(c2cccc(O)c2)C1. The average molecular weight is 195 g/mol. The molecule has 1 fully saturated rings. The molecular weight excluding hydrogens is 181 g/mol. The van der Waals surface area contributed by atoms with Crippen LogP contribution in [0.4, 0.5) is 10.1 Å². The first-order valence-corrected chi connectivity index (χ1v) is 4.80. The normalized spacial score (nSPS) is 26.9. The minimum Gasteiger partial charge on any atom is -0.508 e. The Morgan fingerprint density at radius 1 is 1.50 bits per heavy atom. The molecular formula is C11H14FNO.